The van der Waals surface area contributed by atoms with E-state index in [1.165, 1.54) is 0 Å². The standard InChI is InChI=1S/C15H21N5O/c1-11(2)19-6-8-20(9-7-19)15-17-14(21-18-15)13-5-4-12(3)10-16-13/h4-5,10-11H,6-9H2,1-3H3. The van der Waals surface area contributed by atoms with Crippen LogP contribution >= 0.6 is 0 Å². The fraction of sp³-hybridized carbons (Fsp3) is 0.533. The molecule has 0 spiro atoms. The fourth-order valence-corrected chi connectivity index (χ4v) is 2.48. The molecular weight excluding hydrogens is 266 g/mol. The highest BCUT2D eigenvalue weighted by atomic mass is 16.5. The van der Waals surface area contributed by atoms with Crippen molar-refractivity contribution >= 4 is 5.95 Å². The van der Waals surface area contributed by atoms with E-state index in [0.717, 1.165) is 37.4 Å². The van der Waals surface area contributed by atoms with E-state index in [2.05, 4.69) is 38.8 Å². The van der Waals surface area contributed by atoms with Crippen LogP contribution < -0.4 is 4.90 Å². The second-order valence-corrected chi connectivity index (χ2v) is 5.74. The van der Waals surface area contributed by atoms with Crippen molar-refractivity contribution in [1.82, 2.24) is 20.0 Å². The predicted octanol–water partition coefficient (Wildman–Crippen LogP) is 1.97. The number of aromatic nitrogens is 3. The number of anilines is 1. The third-order valence-corrected chi connectivity index (χ3v) is 3.87. The highest BCUT2D eigenvalue weighted by Gasteiger charge is 2.22. The summed E-state index contributed by atoms with van der Waals surface area (Å²) in [5.41, 5.74) is 1.84. The maximum Gasteiger partial charge on any atom is 0.278 e. The summed E-state index contributed by atoms with van der Waals surface area (Å²) in [6.07, 6.45) is 1.81. The lowest BCUT2D eigenvalue weighted by Crippen LogP contribution is -2.49. The summed E-state index contributed by atoms with van der Waals surface area (Å²) in [6, 6.07) is 4.49. The van der Waals surface area contributed by atoms with Gasteiger partial charge in [-0.15, -0.1) is 0 Å². The summed E-state index contributed by atoms with van der Waals surface area (Å²) in [4.78, 5) is 13.4. The van der Waals surface area contributed by atoms with Gasteiger partial charge >= 0.3 is 0 Å². The minimum absolute atomic E-state index is 0.483. The number of piperazine rings is 1. The number of aryl methyl sites for hydroxylation is 1. The number of hydrogen-bond donors (Lipinski definition) is 0. The summed E-state index contributed by atoms with van der Waals surface area (Å²) in [6.45, 7) is 10.4. The van der Waals surface area contributed by atoms with Crippen LogP contribution in [0.2, 0.25) is 0 Å². The van der Waals surface area contributed by atoms with Crippen molar-refractivity contribution < 1.29 is 4.52 Å². The highest BCUT2D eigenvalue weighted by Crippen LogP contribution is 2.19. The van der Waals surface area contributed by atoms with Crippen molar-refractivity contribution in [3.63, 3.8) is 0 Å². The van der Waals surface area contributed by atoms with Crippen LogP contribution in [0.1, 0.15) is 19.4 Å². The third kappa shape index (κ3) is 3.05. The predicted molar refractivity (Wildman–Crippen MR) is 81.2 cm³/mol. The van der Waals surface area contributed by atoms with E-state index < -0.39 is 0 Å². The fourth-order valence-electron chi connectivity index (χ4n) is 2.48. The average molecular weight is 287 g/mol. The number of nitrogens with zero attached hydrogens (tertiary/aromatic N) is 5. The highest BCUT2D eigenvalue weighted by molar-refractivity contribution is 5.49. The molecule has 1 saturated heterocycles. The first-order valence-electron chi connectivity index (χ1n) is 7.39. The molecule has 6 heteroatoms. The summed E-state index contributed by atoms with van der Waals surface area (Å²) in [5.74, 6) is 1.15. The topological polar surface area (TPSA) is 58.3 Å². The first kappa shape index (κ1) is 14.0. The maximum absolute atomic E-state index is 5.34. The molecule has 2 aromatic heterocycles. The Labute approximate surface area is 124 Å². The molecule has 3 heterocycles. The van der Waals surface area contributed by atoms with Crippen molar-refractivity contribution in [2.45, 2.75) is 26.8 Å². The van der Waals surface area contributed by atoms with Gasteiger partial charge in [0.2, 0.25) is 0 Å². The second kappa shape index (κ2) is 5.81. The average Bonchev–Trinajstić information content (AvgIpc) is 2.98. The van der Waals surface area contributed by atoms with Gasteiger partial charge in [-0.05, 0) is 37.6 Å². The molecule has 2 aromatic rings. The Bertz CT molecular complexity index is 584. The minimum atomic E-state index is 0.483. The van der Waals surface area contributed by atoms with Gasteiger partial charge in [-0.25, -0.2) is 0 Å². The van der Waals surface area contributed by atoms with Gasteiger partial charge in [0, 0.05) is 38.4 Å². The van der Waals surface area contributed by atoms with Crippen LogP contribution in [0, 0.1) is 6.92 Å². The van der Waals surface area contributed by atoms with Gasteiger partial charge in [-0.2, -0.15) is 4.98 Å². The zero-order chi connectivity index (χ0) is 14.8. The van der Waals surface area contributed by atoms with Crippen LogP contribution in [0.3, 0.4) is 0 Å². The Morgan fingerprint density at radius 2 is 1.90 bits per heavy atom. The molecule has 1 aliphatic heterocycles. The molecule has 0 atom stereocenters. The van der Waals surface area contributed by atoms with Crippen LogP contribution in [0.5, 0.6) is 0 Å². The Morgan fingerprint density at radius 1 is 1.14 bits per heavy atom. The van der Waals surface area contributed by atoms with Crippen molar-refractivity contribution in [3.8, 4) is 11.6 Å². The van der Waals surface area contributed by atoms with E-state index in [1.54, 1.807) is 6.20 Å². The minimum Gasteiger partial charge on any atom is -0.336 e. The summed E-state index contributed by atoms with van der Waals surface area (Å²) in [5, 5.41) is 4.09. The smallest absolute Gasteiger partial charge is 0.278 e. The molecule has 0 unspecified atom stereocenters. The van der Waals surface area contributed by atoms with Crippen LogP contribution in [0.25, 0.3) is 11.6 Å². The molecule has 3 rings (SSSR count). The largest absolute Gasteiger partial charge is 0.336 e. The maximum atomic E-state index is 5.34. The molecule has 0 radical (unpaired) electrons. The van der Waals surface area contributed by atoms with E-state index >= 15 is 0 Å². The van der Waals surface area contributed by atoms with E-state index in [4.69, 9.17) is 4.52 Å². The lowest BCUT2D eigenvalue weighted by molar-refractivity contribution is 0.208. The molecule has 0 aromatic carbocycles. The van der Waals surface area contributed by atoms with Crippen LogP contribution in [0.15, 0.2) is 22.9 Å². The first-order valence-corrected chi connectivity index (χ1v) is 7.39. The van der Waals surface area contributed by atoms with Gasteiger partial charge < -0.3 is 9.42 Å². The quantitative estimate of drug-likeness (QED) is 0.860. The summed E-state index contributed by atoms with van der Waals surface area (Å²) in [7, 11) is 0. The van der Waals surface area contributed by atoms with Crippen molar-refractivity contribution in [2.75, 3.05) is 31.1 Å². The Kier molecular flexibility index (Phi) is 3.88. The Balaban J connectivity index is 1.70. The molecule has 0 aliphatic carbocycles. The van der Waals surface area contributed by atoms with Gasteiger partial charge in [0.25, 0.3) is 11.8 Å². The number of hydrogen-bond acceptors (Lipinski definition) is 6. The zero-order valence-corrected chi connectivity index (χ0v) is 12.8. The lowest BCUT2D eigenvalue weighted by atomic mass is 10.2. The molecule has 1 fully saturated rings. The number of pyridine rings is 1. The molecule has 0 amide bonds. The van der Waals surface area contributed by atoms with Gasteiger partial charge in [0.15, 0.2) is 0 Å². The van der Waals surface area contributed by atoms with Crippen molar-refractivity contribution in [2.24, 2.45) is 0 Å². The van der Waals surface area contributed by atoms with Crippen LogP contribution in [0.4, 0.5) is 5.95 Å². The molecule has 1 aliphatic rings. The normalized spacial score (nSPS) is 16.7. The first-order chi connectivity index (χ1) is 10.1. The zero-order valence-electron chi connectivity index (χ0n) is 12.8. The van der Waals surface area contributed by atoms with E-state index in [1.807, 2.05) is 19.1 Å². The van der Waals surface area contributed by atoms with Crippen LogP contribution in [-0.4, -0.2) is 52.2 Å². The monoisotopic (exact) mass is 287 g/mol. The van der Waals surface area contributed by atoms with Gasteiger partial charge in [-0.3, -0.25) is 9.88 Å². The molecule has 21 heavy (non-hydrogen) atoms. The van der Waals surface area contributed by atoms with Crippen LogP contribution in [-0.2, 0) is 0 Å². The molecule has 0 bridgehead atoms. The lowest BCUT2D eigenvalue weighted by Gasteiger charge is -2.36. The molecule has 112 valence electrons. The molecule has 0 saturated carbocycles. The Hall–Kier alpha value is -1.95. The second-order valence-electron chi connectivity index (χ2n) is 5.74. The van der Waals surface area contributed by atoms with E-state index in [9.17, 15) is 0 Å². The Morgan fingerprint density at radius 3 is 2.52 bits per heavy atom. The molecule has 0 N–H and O–H groups in total. The molecule has 6 nitrogen and oxygen atoms in total. The van der Waals surface area contributed by atoms with Crippen molar-refractivity contribution in [3.05, 3.63) is 23.9 Å². The number of rotatable bonds is 3. The van der Waals surface area contributed by atoms with Gasteiger partial charge in [0.05, 0.1) is 0 Å². The summed E-state index contributed by atoms with van der Waals surface area (Å²) < 4.78 is 5.34. The van der Waals surface area contributed by atoms with Gasteiger partial charge in [-0.1, -0.05) is 6.07 Å². The molecular formula is C15H21N5O. The third-order valence-electron chi connectivity index (χ3n) is 3.87. The van der Waals surface area contributed by atoms with E-state index in [-0.39, 0.29) is 0 Å². The SMILES string of the molecule is Cc1ccc(-c2nc(N3CCN(C(C)C)CC3)no2)nc1. The summed E-state index contributed by atoms with van der Waals surface area (Å²) >= 11 is 0. The van der Waals surface area contributed by atoms with E-state index in [0.29, 0.717) is 17.9 Å². The van der Waals surface area contributed by atoms with Gasteiger partial charge in [0.1, 0.15) is 5.69 Å². The van der Waals surface area contributed by atoms with Crippen molar-refractivity contribution in [1.29, 1.82) is 0 Å².